The van der Waals surface area contributed by atoms with E-state index in [1.807, 2.05) is 31.2 Å². The first-order chi connectivity index (χ1) is 9.15. The molecular weight excluding hydrogens is 244 g/mol. The predicted molar refractivity (Wildman–Crippen MR) is 71.9 cm³/mol. The van der Waals surface area contributed by atoms with E-state index in [0.717, 1.165) is 17.7 Å². The molecule has 4 heteroatoms. The van der Waals surface area contributed by atoms with Gasteiger partial charge in [0.25, 0.3) is 0 Å². The van der Waals surface area contributed by atoms with E-state index in [1.165, 1.54) is 0 Å². The van der Waals surface area contributed by atoms with E-state index in [1.54, 1.807) is 7.11 Å². The van der Waals surface area contributed by atoms with Gasteiger partial charge in [0.15, 0.2) is 0 Å². The fraction of sp³-hybridized carbons (Fsp3) is 0.467. The number of hydrogen-bond donors (Lipinski definition) is 0. The van der Waals surface area contributed by atoms with Gasteiger partial charge in [0.2, 0.25) is 0 Å². The molecule has 0 radical (unpaired) electrons. The number of carbonyl (C=O) groups is 2. The second-order valence-electron chi connectivity index (χ2n) is 4.30. The van der Waals surface area contributed by atoms with Gasteiger partial charge in [-0.1, -0.05) is 19.1 Å². The van der Waals surface area contributed by atoms with E-state index in [4.69, 9.17) is 9.47 Å². The third-order valence-corrected chi connectivity index (χ3v) is 2.70. The molecule has 1 rings (SSSR count). The largest absolute Gasteiger partial charge is 0.497 e. The topological polar surface area (TPSA) is 52.6 Å². The van der Waals surface area contributed by atoms with Crippen LogP contribution in [-0.2, 0) is 20.9 Å². The van der Waals surface area contributed by atoms with Gasteiger partial charge in [-0.15, -0.1) is 0 Å². The van der Waals surface area contributed by atoms with Crippen LogP contribution in [0.2, 0.25) is 0 Å². The van der Waals surface area contributed by atoms with Crippen LogP contribution in [0, 0.1) is 0 Å². The fourth-order valence-corrected chi connectivity index (χ4v) is 1.60. The van der Waals surface area contributed by atoms with Crippen LogP contribution in [0.4, 0.5) is 0 Å². The maximum absolute atomic E-state index is 11.4. The van der Waals surface area contributed by atoms with Crippen molar-refractivity contribution in [3.8, 4) is 5.75 Å². The molecule has 0 fully saturated rings. The zero-order chi connectivity index (χ0) is 14.1. The van der Waals surface area contributed by atoms with Crippen molar-refractivity contribution in [3.63, 3.8) is 0 Å². The van der Waals surface area contributed by atoms with Crippen LogP contribution in [0.5, 0.6) is 5.75 Å². The molecule has 4 nitrogen and oxygen atoms in total. The normalized spacial score (nSPS) is 10.0. The molecule has 0 spiro atoms. The predicted octanol–water partition coefficient (Wildman–Crippen LogP) is 2.89. The lowest BCUT2D eigenvalue weighted by atomic mass is 10.1. The number of benzene rings is 1. The van der Waals surface area contributed by atoms with Crippen molar-refractivity contribution in [2.45, 2.75) is 39.2 Å². The Morgan fingerprint density at radius 3 is 2.32 bits per heavy atom. The van der Waals surface area contributed by atoms with Crippen molar-refractivity contribution < 1.29 is 19.1 Å². The molecule has 0 amide bonds. The molecule has 19 heavy (non-hydrogen) atoms. The molecule has 0 bridgehead atoms. The van der Waals surface area contributed by atoms with E-state index >= 15 is 0 Å². The van der Waals surface area contributed by atoms with Crippen LogP contribution in [0.1, 0.15) is 38.2 Å². The SMILES string of the molecule is CCCC(=O)CCC(=O)OCc1ccc(OC)cc1. The lowest BCUT2D eigenvalue weighted by Gasteiger charge is -2.05. The average molecular weight is 264 g/mol. The van der Waals surface area contributed by atoms with Crippen LogP contribution >= 0.6 is 0 Å². The summed E-state index contributed by atoms with van der Waals surface area (Å²) in [7, 11) is 1.60. The highest BCUT2D eigenvalue weighted by molar-refractivity contribution is 5.82. The van der Waals surface area contributed by atoms with Crippen molar-refractivity contribution in [2.24, 2.45) is 0 Å². The van der Waals surface area contributed by atoms with Gasteiger partial charge >= 0.3 is 5.97 Å². The van der Waals surface area contributed by atoms with Crippen molar-refractivity contribution in [3.05, 3.63) is 29.8 Å². The molecule has 0 N–H and O–H groups in total. The quantitative estimate of drug-likeness (QED) is 0.677. The van der Waals surface area contributed by atoms with E-state index in [2.05, 4.69) is 0 Å². The second-order valence-corrected chi connectivity index (χ2v) is 4.30. The summed E-state index contributed by atoms with van der Waals surface area (Å²) in [5.41, 5.74) is 0.897. The van der Waals surface area contributed by atoms with Crippen LogP contribution in [0.15, 0.2) is 24.3 Å². The summed E-state index contributed by atoms with van der Waals surface area (Å²) < 4.78 is 10.1. The van der Waals surface area contributed by atoms with Gasteiger partial charge in [-0.2, -0.15) is 0 Å². The molecule has 0 saturated carbocycles. The standard InChI is InChI=1S/C15H20O4/c1-3-4-13(16)7-10-15(17)19-11-12-5-8-14(18-2)9-6-12/h5-6,8-9H,3-4,7,10-11H2,1-2H3. The molecule has 0 aliphatic carbocycles. The molecule has 1 aromatic rings. The van der Waals surface area contributed by atoms with Crippen molar-refractivity contribution in [2.75, 3.05) is 7.11 Å². The molecule has 0 atom stereocenters. The molecule has 0 aromatic heterocycles. The van der Waals surface area contributed by atoms with Gasteiger partial charge in [-0.3, -0.25) is 9.59 Å². The summed E-state index contributed by atoms with van der Waals surface area (Å²) in [6, 6.07) is 7.31. The van der Waals surface area contributed by atoms with Gasteiger partial charge in [0, 0.05) is 12.8 Å². The first-order valence-electron chi connectivity index (χ1n) is 6.46. The van der Waals surface area contributed by atoms with E-state index < -0.39 is 0 Å². The molecule has 0 aliphatic heterocycles. The van der Waals surface area contributed by atoms with Gasteiger partial charge in [0.05, 0.1) is 13.5 Å². The zero-order valence-corrected chi connectivity index (χ0v) is 11.5. The summed E-state index contributed by atoms with van der Waals surface area (Å²) in [6.45, 7) is 2.17. The average Bonchev–Trinajstić information content (AvgIpc) is 2.44. The number of rotatable bonds is 8. The first kappa shape index (κ1) is 15.2. The van der Waals surface area contributed by atoms with Gasteiger partial charge in [0.1, 0.15) is 18.1 Å². The lowest BCUT2D eigenvalue weighted by Crippen LogP contribution is -2.07. The molecule has 0 unspecified atom stereocenters. The minimum atomic E-state index is -0.333. The number of esters is 1. The van der Waals surface area contributed by atoms with Gasteiger partial charge < -0.3 is 9.47 Å². The molecule has 104 valence electrons. The Labute approximate surface area is 113 Å². The second kappa shape index (κ2) is 8.29. The number of Topliss-reactive ketones (excluding diaryl/α,β-unsaturated/α-hetero) is 1. The van der Waals surface area contributed by atoms with Gasteiger partial charge in [-0.25, -0.2) is 0 Å². The Bertz CT molecular complexity index is 409. The number of carbonyl (C=O) groups excluding carboxylic acids is 2. The number of ketones is 1. The Morgan fingerprint density at radius 2 is 1.74 bits per heavy atom. The molecule has 0 saturated heterocycles. The molecule has 0 aliphatic rings. The monoisotopic (exact) mass is 264 g/mol. The highest BCUT2D eigenvalue weighted by Crippen LogP contribution is 2.12. The van der Waals surface area contributed by atoms with Crippen molar-refractivity contribution >= 4 is 11.8 Å². The Morgan fingerprint density at radius 1 is 1.05 bits per heavy atom. The smallest absolute Gasteiger partial charge is 0.306 e. The van der Waals surface area contributed by atoms with Crippen LogP contribution in [0.3, 0.4) is 0 Å². The van der Waals surface area contributed by atoms with Gasteiger partial charge in [-0.05, 0) is 24.1 Å². The number of ether oxygens (including phenoxy) is 2. The third kappa shape index (κ3) is 6.04. The third-order valence-electron chi connectivity index (χ3n) is 2.70. The maximum Gasteiger partial charge on any atom is 0.306 e. The summed E-state index contributed by atoms with van der Waals surface area (Å²) in [5, 5.41) is 0. The Hall–Kier alpha value is -1.84. The molecule has 1 aromatic carbocycles. The van der Waals surface area contributed by atoms with Crippen LogP contribution < -0.4 is 4.74 Å². The Balaban J connectivity index is 2.27. The first-order valence-corrected chi connectivity index (χ1v) is 6.46. The summed E-state index contributed by atoms with van der Waals surface area (Å²) in [6.07, 6.45) is 1.79. The van der Waals surface area contributed by atoms with E-state index in [0.29, 0.717) is 6.42 Å². The van der Waals surface area contributed by atoms with Crippen molar-refractivity contribution in [1.82, 2.24) is 0 Å². The highest BCUT2D eigenvalue weighted by Gasteiger charge is 2.07. The number of hydrogen-bond acceptors (Lipinski definition) is 4. The number of methoxy groups -OCH3 is 1. The summed E-state index contributed by atoms with van der Waals surface area (Å²) in [4.78, 5) is 22.7. The fourth-order valence-electron chi connectivity index (χ4n) is 1.60. The highest BCUT2D eigenvalue weighted by atomic mass is 16.5. The summed E-state index contributed by atoms with van der Waals surface area (Å²) >= 11 is 0. The summed E-state index contributed by atoms with van der Waals surface area (Å²) in [5.74, 6) is 0.546. The zero-order valence-electron chi connectivity index (χ0n) is 11.5. The van der Waals surface area contributed by atoms with E-state index in [-0.39, 0.29) is 31.2 Å². The minimum Gasteiger partial charge on any atom is -0.497 e. The molecule has 0 heterocycles. The Kier molecular flexibility index (Phi) is 6.64. The maximum atomic E-state index is 11.4. The van der Waals surface area contributed by atoms with Crippen molar-refractivity contribution in [1.29, 1.82) is 0 Å². The molecular formula is C15H20O4. The van der Waals surface area contributed by atoms with E-state index in [9.17, 15) is 9.59 Å². The lowest BCUT2D eigenvalue weighted by molar-refractivity contribution is -0.146. The van der Waals surface area contributed by atoms with Crippen LogP contribution in [0.25, 0.3) is 0 Å². The van der Waals surface area contributed by atoms with Crippen LogP contribution in [-0.4, -0.2) is 18.9 Å². The minimum absolute atomic E-state index is 0.115.